The zero-order chi connectivity index (χ0) is 11.7. The molecule has 1 heterocycles. The molecule has 1 aromatic heterocycles. The number of hydrogen-bond donors (Lipinski definition) is 0. The number of aromatic nitrogens is 2. The lowest BCUT2D eigenvalue weighted by Gasteiger charge is -2.05. The second-order valence-corrected chi connectivity index (χ2v) is 4.30. The molecule has 84 valence electrons. The minimum atomic E-state index is 0.829. The van der Waals surface area contributed by atoms with E-state index >= 15 is 0 Å². The zero-order valence-electron chi connectivity index (χ0n) is 9.80. The number of fused-ring (bicyclic) bond motifs is 1. The van der Waals surface area contributed by atoms with Gasteiger partial charge >= 0.3 is 0 Å². The third-order valence-electron chi connectivity index (χ3n) is 3.04. The highest BCUT2D eigenvalue weighted by atomic mass is 15.3. The van der Waals surface area contributed by atoms with E-state index < -0.39 is 0 Å². The van der Waals surface area contributed by atoms with E-state index in [0.717, 1.165) is 6.54 Å². The average molecular weight is 222 g/mol. The van der Waals surface area contributed by atoms with E-state index in [0.29, 0.717) is 0 Å². The molecule has 0 saturated carbocycles. The molecule has 0 N–H and O–H groups in total. The Morgan fingerprint density at radius 1 is 1.00 bits per heavy atom. The van der Waals surface area contributed by atoms with E-state index in [1.165, 1.54) is 22.0 Å². The molecule has 3 aromatic rings. The molecule has 0 spiro atoms. The molecule has 2 aromatic carbocycles. The van der Waals surface area contributed by atoms with Crippen molar-refractivity contribution in [3.8, 4) is 0 Å². The summed E-state index contributed by atoms with van der Waals surface area (Å²) in [7, 11) is 0. The van der Waals surface area contributed by atoms with Gasteiger partial charge < -0.3 is 0 Å². The van der Waals surface area contributed by atoms with Crippen LogP contribution in [0.1, 0.15) is 11.1 Å². The summed E-state index contributed by atoms with van der Waals surface area (Å²) in [6.07, 6.45) is 1.94. The highest BCUT2D eigenvalue weighted by Gasteiger charge is 2.05. The molecule has 0 aliphatic heterocycles. The predicted molar refractivity (Wildman–Crippen MR) is 70.0 cm³/mol. The monoisotopic (exact) mass is 222 g/mol. The summed E-state index contributed by atoms with van der Waals surface area (Å²) in [5.41, 5.74) is 3.79. The molecular formula is C15H14N2. The van der Waals surface area contributed by atoms with Crippen LogP contribution >= 0.6 is 0 Å². The van der Waals surface area contributed by atoms with Gasteiger partial charge in [0.05, 0.1) is 18.3 Å². The van der Waals surface area contributed by atoms with Crippen molar-refractivity contribution in [2.75, 3.05) is 0 Å². The molecule has 0 fully saturated rings. The third-order valence-corrected chi connectivity index (χ3v) is 3.04. The molecule has 17 heavy (non-hydrogen) atoms. The first kappa shape index (κ1) is 10.1. The minimum absolute atomic E-state index is 0.829. The fourth-order valence-electron chi connectivity index (χ4n) is 2.20. The van der Waals surface area contributed by atoms with Crippen LogP contribution in [0.15, 0.2) is 54.7 Å². The molecule has 3 rings (SSSR count). The Hall–Kier alpha value is -2.09. The maximum atomic E-state index is 4.47. The molecule has 0 amide bonds. The summed E-state index contributed by atoms with van der Waals surface area (Å²) >= 11 is 0. The molecule has 0 aliphatic rings. The van der Waals surface area contributed by atoms with E-state index in [-0.39, 0.29) is 0 Å². The topological polar surface area (TPSA) is 17.8 Å². The van der Waals surface area contributed by atoms with E-state index in [9.17, 15) is 0 Å². The van der Waals surface area contributed by atoms with E-state index in [1.54, 1.807) is 0 Å². The smallest absolute Gasteiger partial charge is 0.0715 e. The van der Waals surface area contributed by atoms with Crippen molar-refractivity contribution in [1.82, 2.24) is 9.78 Å². The average Bonchev–Trinajstić information content (AvgIpc) is 2.75. The van der Waals surface area contributed by atoms with Gasteiger partial charge in [0.1, 0.15) is 0 Å². The Balaban J connectivity index is 2.07. The van der Waals surface area contributed by atoms with Crippen LogP contribution in [0.4, 0.5) is 0 Å². The molecule has 2 heteroatoms. The molecule has 0 atom stereocenters. The summed E-state index contributed by atoms with van der Waals surface area (Å²) in [6, 6.07) is 16.7. The van der Waals surface area contributed by atoms with Crippen LogP contribution < -0.4 is 0 Å². The van der Waals surface area contributed by atoms with Gasteiger partial charge in [-0.1, -0.05) is 48.5 Å². The van der Waals surface area contributed by atoms with Crippen LogP contribution in [0.25, 0.3) is 10.9 Å². The lowest BCUT2D eigenvalue weighted by atomic mass is 10.1. The number of rotatable bonds is 2. The SMILES string of the molecule is Cc1cccc2cnn(Cc3ccccc3)c12. The molecule has 0 radical (unpaired) electrons. The first-order valence-electron chi connectivity index (χ1n) is 5.79. The Morgan fingerprint density at radius 2 is 1.82 bits per heavy atom. The Labute approximate surface area is 101 Å². The number of nitrogens with zero attached hydrogens (tertiary/aromatic N) is 2. The Bertz CT molecular complexity index is 638. The second-order valence-electron chi connectivity index (χ2n) is 4.30. The lowest BCUT2D eigenvalue weighted by molar-refractivity contribution is 0.710. The van der Waals surface area contributed by atoms with Crippen LogP contribution in [0, 0.1) is 6.92 Å². The standard InChI is InChI=1S/C15H14N2/c1-12-6-5-9-14-10-16-17(15(12)14)11-13-7-3-2-4-8-13/h2-10H,11H2,1H3. The summed E-state index contributed by atoms with van der Waals surface area (Å²) < 4.78 is 2.07. The van der Waals surface area contributed by atoms with E-state index in [1.807, 2.05) is 12.3 Å². The minimum Gasteiger partial charge on any atom is -0.260 e. The van der Waals surface area contributed by atoms with Crippen molar-refractivity contribution < 1.29 is 0 Å². The van der Waals surface area contributed by atoms with Crippen LogP contribution in [0.5, 0.6) is 0 Å². The van der Waals surface area contributed by atoms with Gasteiger partial charge in [0.25, 0.3) is 0 Å². The second kappa shape index (κ2) is 4.06. The van der Waals surface area contributed by atoms with Crippen molar-refractivity contribution >= 4 is 10.9 Å². The highest BCUT2D eigenvalue weighted by molar-refractivity contribution is 5.81. The van der Waals surface area contributed by atoms with Gasteiger partial charge in [-0.25, -0.2) is 0 Å². The number of hydrogen-bond acceptors (Lipinski definition) is 1. The quantitative estimate of drug-likeness (QED) is 0.650. The molecule has 2 nitrogen and oxygen atoms in total. The van der Waals surface area contributed by atoms with Gasteiger partial charge in [-0.2, -0.15) is 5.10 Å². The third kappa shape index (κ3) is 1.82. The predicted octanol–water partition coefficient (Wildman–Crippen LogP) is 3.39. The first-order chi connectivity index (χ1) is 8.34. The number of benzene rings is 2. The number of aryl methyl sites for hydroxylation is 1. The van der Waals surface area contributed by atoms with Crippen LogP contribution in [-0.2, 0) is 6.54 Å². The molecule has 0 saturated heterocycles. The van der Waals surface area contributed by atoms with Gasteiger partial charge in [0, 0.05) is 5.39 Å². The molecular weight excluding hydrogens is 208 g/mol. The number of para-hydroxylation sites is 1. The van der Waals surface area contributed by atoms with Crippen molar-refractivity contribution in [2.24, 2.45) is 0 Å². The largest absolute Gasteiger partial charge is 0.260 e. The Morgan fingerprint density at radius 3 is 2.65 bits per heavy atom. The first-order valence-corrected chi connectivity index (χ1v) is 5.79. The van der Waals surface area contributed by atoms with E-state index in [2.05, 4.69) is 59.2 Å². The molecule has 0 unspecified atom stereocenters. The molecule has 0 aliphatic carbocycles. The summed E-state index contributed by atoms with van der Waals surface area (Å²) in [4.78, 5) is 0. The Kier molecular flexibility index (Phi) is 2.41. The fourth-order valence-corrected chi connectivity index (χ4v) is 2.20. The lowest BCUT2D eigenvalue weighted by Crippen LogP contribution is -2.01. The highest BCUT2D eigenvalue weighted by Crippen LogP contribution is 2.18. The van der Waals surface area contributed by atoms with Crippen LogP contribution in [0.3, 0.4) is 0 Å². The maximum absolute atomic E-state index is 4.47. The summed E-state index contributed by atoms with van der Waals surface area (Å²) in [5.74, 6) is 0. The van der Waals surface area contributed by atoms with Crippen molar-refractivity contribution in [3.63, 3.8) is 0 Å². The maximum Gasteiger partial charge on any atom is 0.0715 e. The van der Waals surface area contributed by atoms with Gasteiger partial charge in [-0.05, 0) is 18.1 Å². The van der Waals surface area contributed by atoms with Crippen LogP contribution in [-0.4, -0.2) is 9.78 Å². The van der Waals surface area contributed by atoms with Crippen molar-refractivity contribution in [2.45, 2.75) is 13.5 Å². The van der Waals surface area contributed by atoms with Gasteiger partial charge in [-0.15, -0.1) is 0 Å². The van der Waals surface area contributed by atoms with Crippen molar-refractivity contribution in [1.29, 1.82) is 0 Å². The summed E-state index contributed by atoms with van der Waals surface area (Å²) in [6.45, 7) is 2.96. The van der Waals surface area contributed by atoms with Crippen LogP contribution in [0.2, 0.25) is 0 Å². The van der Waals surface area contributed by atoms with Gasteiger partial charge in [0.15, 0.2) is 0 Å². The molecule has 0 bridgehead atoms. The van der Waals surface area contributed by atoms with Crippen molar-refractivity contribution in [3.05, 3.63) is 65.9 Å². The summed E-state index contributed by atoms with van der Waals surface area (Å²) in [5, 5.41) is 5.68. The zero-order valence-corrected chi connectivity index (χ0v) is 9.80. The fraction of sp³-hybridized carbons (Fsp3) is 0.133. The van der Waals surface area contributed by atoms with Gasteiger partial charge in [-0.3, -0.25) is 4.68 Å². The normalized spacial score (nSPS) is 10.9. The van der Waals surface area contributed by atoms with Gasteiger partial charge in [0.2, 0.25) is 0 Å². The van der Waals surface area contributed by atoms with E-state index in [4.69, 9.17) is 0 Å².